The van der Waals surface area contributed by atoms with E-state index < -0.39 is 46.5 Å². The van der Waals surface area contributed by atoms with Crippen LogP contribution in [0.5, 0.6) is 0 Å². The molecule has 0 saturated heterocycles. The number of fused-ring (bicyclic) bond motifs is 1. The summed E-state index contributed by atoms with van der Waals surface area (Å²) in [5.41, 5.74) is -0.160. The van der Waals surface area contributed by atoms with Gasteiger partial charge in [-0.1, -0.05) is 29.8 Å². The molecule has 180 valence electrons. The molecule has 1 aliphatic heterocycles. The van der Waals surface area contributed by atoms with Gasteiger partial charge in [-0.2, -0.15) is 26.3 Å². The van der Waals surface area contributed by atoms with Crippen molar-refractivity contribution < 1.29 is 40.5 Å². The van der Waals surface area contributed by atoms with Crippen LogP contribution in [0, 0.1) is 6.92 Å². The van der Waals surface area contributed by atoms with Crippen LogP contribution in [-0.2, 0) is 27.8 Å². The summed E-state index contributed by atoms with van der Waals surface area (Å²) in [6, 6.07) is 7.91. The Morgan fingerprint density at radius 1 is 1.09 bits per heavy atom. The molecule has 0 aliphatic carbocycles. The summed E-state index contributed by atoms with van der Waals surface area (Å²) in [7, 11) is -1.93. The van der Waals surface area contributed by atoms with Gasteiger partial charge in [-0.25, -0.2) is 4.21 Å². The third-order valence-electron chi connectivity index (χ3n) is 5.47. The maximum atomic E-state index is 13.3. The number of aliphatic hydroxyl groups is 1. The van der Waals surface area contributed by atoms with Crippen LogP contribution in [0.1, 0.15) is 29.5 Å². The normalized spacial score (nSPS) is 18.1. The van der Waals surface area contributed by atoms with Gasteiger partial charge in [0, 0.05) is 12.0 Å². The zero-order valence-corrected chi connectivity index (χ0v) is 18.0. The molecule has 0 bridgehead atoms. The topological polar surface area (TPSA) is 83.6 Å². The van der Waals surface area contributed by atoms with Crippen LogP contribution in [0.15, 0.2) is 47.4 Å². The van der Waals surface area contributed by atoms with Crippen LogP contribution in [0.2, 0.25) is 0 Å². The quantitative estimate of drug-likeness (QED) is 0.616. The standard InChI is InChI=1S/C21H20F6N2O3S/c1-12-2-7-16(8-3-12)33(32)29-15(11-18(28)30)6-4-13-10-14(5-9-17(13)29)19(31,20(22,23)24)21(25,26)27/h2-3,5,7-10,15,31H,4,6,11H2,1H3,(H2,28,30)/t15-,33?/m0/s1. The molecule has 2 aromatic rings. The molecule has 1 unspecified atom stereocenters. The molecule has 0 saturated carbocycles. The summed E-state index contributed by atoms with van der Waals surface area (Å²) in [6.07, 6.45) is -12.2. The minimum absolute atomic E-state index is 0.00544. The van der Waals surface area contributed by atoms with Gasteiger partial charge in [-0.15, -0.1) is 0 Å². The fourth-order valence-electron chi connectivity index (χ4n) is 3.76. The summed E-state index contributed by atoms with van der Waals surface area (Å²) in [6.45, 7) is 1.81. The number of anilines is 1. The molecule has 0 aromatic heterocycles. The van der Waals surface area contributed by atoms with E-state index in [1.807, 2.05) is 6.92 Å². The summed E-state index contributed by atoms with van der Waals surface area (Å²) >= 11 is 0. The lowest BCUT2D eigenvalue weighted by Crippen LogP contribution is -2.54. The highest BCUT2D eigenvalue weighted by molar-refractivity contribution is 7.86. The van der Waals surface area contributed by atoms with Crippen molar-refractivity contribution in [2.75, 3.05) is 4.31 Å². The molecular formula is C21H20F6N2O3S. The highest BCUT2D eigenvalue weighted by atomic mass is 32.2. The molecule has 0 fully saturated rings. The van der Waals surface area contributed by atoms with Crippen molar-refractivity contribution in [3.05, 3.63) is 59.2 Å². The number of rotatable bonds is 5. The van der Waals surface area contributed by atoms with Gasteiger partial charge in [0.15, 0.2) is 11.0 Å². The molecule has 33 heavy (non-hydrogen) atoms. The first-order valence-electron chi connectivity index (χ1n) is 9.72. The van der Waals surface area contributed by atoms with Gasteiger partial charge in [-0.05, 0) is 43.5 Å². The first-order chi connectivity index (χ1) is 15.2. The molecule has 5 nitrogen and oxygen atoms in total. The number of hydrogen-bond donors (Lipinski definition) is 2. The monoisotopic (exact) mass is 494 g/mol. The molecule has 0 radical (unpaired) electrons. The molecule has 3 N–H and O–H groups in total. The van der Waals surface area contributed by atoms with Gasteiger partial charge in [0.05, 0.1) is 16.6 Å². The van der Waals surface area contributed by atoms with Crippen molar-refractivity contribution in [2.45, 2.75) is 55.1 Å². The average Bonchev–Trinajstić information content (AvgIpc) is 2.70. The lowest BCUT2D eigenvalue weighted by Gasteiger charge is -2.38. The zero-order chi connectivity index (χ0) is 24.8. The number of benzene rings is 2. The molecule has 1 heterocycles. The van der Waals surface area contributed by atoms with Crippen molar-refractivity contribution in [1.29, 1.82) is 0 Å². The summed E-state index contributed by atoms with van der Waals surface area (Å²) in [5, 5.41) is 9.72. The molecule has 0 spiro atoms. The van der Waals surface area contributed by atoms with Crippen LogP contribution >= 0.6 is 0 Å². The predicted octanol–water partition coefficient (Wildman–Crippen LogP) is 4.03. The number of amides is 1. The Kier molecular flexibility index (Phi) is 6.55. The second-order valence-electron chi connectivity index (χ2n) is 7.80. The average molecular weight is 494 g/mol. The SMILES string of the molecule is Cc1ccc(S(=O)N2c3ccc(C(O)(C(F)(F)F)C(F)(F)F)cc3CC[C@H]2CC(N)=O)cc1. The van der Waals surface area contributed by atoms with Crippen LogP contribution in [0.25, 0.3) is 0 Å². The third-order valence-corrected chi connectivity index (χ3v) is 7.00. The zero-order valence-electron chi connectivity index (χ0n) is 17.2. The summed E-state index contributed by atoms with van der Waals surface area (Å²) < 4.78 is 94.4. The molecule has 3 rings (SSSR count). The number of nitrogens with zero attached hydrogens (tertiary/aromatic N) is 1. The van der Waals surface area contributed by atoms with E-state index in [0.29, 0.717) is 17.0 Å². The first-order valence-corrected chi connectivity index (χ1v) is 10.8. The number of primary amides is 1. The van der Waals surface area contributed by atoms with Crippen molar-refractivity contribution in [3.8, 4) is 0 Å². The summed E-state index contributed by atoms with van der Waals surface area (Å²) in [4.78, 5) is 11.9. The van der Waals surface area contributed by atoms with Crippen LogP contribution in [-0.4, -0.2) is 33.6 Å². The van der Waals surface area contributed by atoms with Gasteiger partial charge in [0.1, 0.15) is 0 Å². The number of aryl methyl sites for hydroxylation is 2. The summed E-state index contributed by atoms with van der Waals surface area (Å²) in [5.74, 6) is -0.700. The van der Waals surface area contributed by atoms with Crippen molar-refractivity contribution in [2.24, 2.45) is 5.73 Å². The van der Waals surface area contributed by atoms with E-state index in [4.69, 9.17) is 5.73 Å². The first kappa shape index (κ1) is 25.0. The number of alkyl halides is 6. The van der Waals surface area contributed by atoms with Crippen molar-refractivity contribution >= 4 is 22.6 Å². The van der Waals surface area contributed by atoms with E-state index in [9.17, 15) is 40.5 Å². The van der Waals surface area contributed by atoms with Gasteiger partial charge in [0.2, 0.25) is 5.91 Å². The van der Waals surface area contributed by atoms with Crippen LogP contribution < -0.4 is 10.0 Å². The Morgan fingerprint density at radius 3 is 2.18 bits per heavy atom. The number of halogens is 6. The minimum Gasteiger partial charge on any atom is -0.370 e. The largest absolute Gasteiger partial charge is 0.430 e. The molecular weight excluding hydrogens is 474 g/mol. The number of hydrogen-bond acceptors (Lipinski definition) is 3. The van der Waals surface area contributed by atoms with E-state index in [2.05, 4.69) is 0 Å². The maximum Gasteiger partial charge on any atom is 0.430 e. The molecule has 1 aliphatic rings. The van der Waals surface area contributed by atoms with E-state index >= 15 is 0 Å². The number of carbonyl (C=O) groups is 1. The lowest BCUT2D eigenvalue weighted by molar-refractivity contribution is -0.376. The minimum atomic E-state index is -6.02. The Morgan fingerprint density at radius 2 is 1.67 bits per heavy atom. The Bertz CT molecular complexity index is 1060. The second kappa shape index (κ2) is 8.64. The smallest absolute Gasteiger partial charge is 0.370 e. The van der Waals surface area contributed by atoms with Crippen molar-refractivity contribution in [3.63, 3.8) is 0 Å². The van der Waals surface area contributed by atoms with Gasteiger partial charge >= 0.3 is 12.4 Å². The third kappa shape index (κ3) is 4.58. The Labute approximate surface area is 187 Å². The number of nitrogens with two attached hydrogens (primary N) is 1. The maximum absolute atomic E-state index is 13.3. The molecule has 2 aromatic carbocycles. The molecule has 1 amide bonds. The van der Waals surface area contributed by atoms with E-state index in [1.165, 1.54) is 4.31 Å². The van der Waals surface area contributed by atoms with E-state index in [0.717, 1.165) is 11.6 Å². The Hall–Kier alpha value is -2.60. The van der Waals surface area contributed by atoms with Gasteiger partial charge in [-0.3, -0.25) is 9.10 Å². The van der Waals surface area contributed by atoms with Crippen LogP contribution in [0.3, 0.4) is 0 Å². The molecule has 2 atom stereocenters. The fraction of sp³-hybridized carbons (Fsp3) is 0.381. The highest BCUT2D eigenvalue weighted by Gasteiger charge is 2.71. The highest BCUT2D eigenvalue weighted by Crippen LogP contribution is 2.51. The molecule has 12 heteroatoms. The number of carbonyl (C=O) groups excluding carboxylic acids is 1. The fourth-order valence-corrected chi connectivity index (χ4v) is 5.16. The van der Waals surface area contributed by atoms with E-state index in [-0.39, 0.29) is 30.5 Å². The predicted molar refractivity (Wildman–Crippen MR) is 108 cm³/mol. The van der Waals surface area contributed by atoms with Gasteiger partial charge in [0.25, 0.3) is 5.60 Å². The Balaban J connectivity index is 2.13. The lowest BCUT2D eigenvalue weighted by atomic mass is 9.87. The second-order valence-corrected chi connectivity index (χ2v) is 9.16. The van der Waals surface area contributed by atoms with Crippen LogP contribution in [0.4, 0.5) is 32.0 Å². The van der Waals surface area contributed by atoms with Crippen molar-refractivity contribution in [1.82, 2.24) is 0 Å². The van der Waals surface area contributed by atoms with Gasteiger partial charge < -0.3 is 10.8 Å². The van der Waals surface area contributed by atoms with E-state index in [1.54, 1.807) is 24.3 Å².